The zero-order chi connectivity index (χ0) is 11.2. The van der Waals surface area contributed by atoms with Crippen LogP contribution in [-0.4, -0.2) is 29.9 Å². The molecule has 4 N–H and O–H groups in total. The molecule has 0 aliphatic carbocycles. The third-order valence-corrected chi connectivity index (χ3v) is 2.17. The molecular weight excluding hydrogens is 277 g/mol. The lowest BCUT2D eigenvalue weighted by Crippen LogP contribution is -1.89. The van der Waals surface area contributed by atoms with Crippen LogP contribution in [0.25, 0.3) is 0 Å². The smallest absolute Gasteiger partial charge is 0.303 e. The van der Waals surface area contributed by atoms with Crippen molar-refractivity contribution >= 4 is 23.8 Å². The number of halogens is 1. The molecule has 14 heavy (non-hydrogen) atoms. The fraction of sp³-hybridized carbons (Fsp3) is 0.600. The second kappa shape index (κ2) is 6.26. The number of aromatic nitrogens is 3. The molecule has 0 saturated heterocycles. The van der Waals surface area contributed by atoms with Crippen LogP contribution < -0.4 is 0 Å². The minimum absolute atomic E-state index is 0.319. The first-order valence-corrected chi connectivity index (χ1v) is 6.10. The van der Waals surface area contributed by atoms with Gasteiger partial charge in [-0.05, 0) is 6.42 Å². The van der Waals surface area contributed by atoms with Crippen LogP contribution in [0.3, 0.4) is 0 Å². The van der Waals surface area contributed by atoms with E-state index < -0.39 is 7.82 Å². The van der Waals surface area contributed by atoms with E-state index in [0.717, 1.165) is 12.2 Å². The number of nitrogens with one attached hydrogen (secondary N) is 1. The Balaban J connectivity index is 0.000000292. The lowest BCUT2D eigenvalue weighted by Gasteiger charge is -1.98. The summed E-state index contributed by atoms with van der Waals surface area (Å²) in [5, 5.41) is 6.50. The molecule has 1 heterocycles. The van der Waals surface area contributed by atoms with E-state index >= 15 is 0 Å². The maximum absolute atomic E-state index is 8.88. The maximum Gasteiger partial charge on any atom is 0.466 e. The van der Waals surface area contributed by atoms with E-state index in [9.17, 15) is 0 Å². The fourth-order valence-corrected chi connectivity index (χ4v) is 0.780. The second-order valence-corrected chi connectivity index (χ2v) is 4.39. The third-order valence-electron chi connectivity index (χ3n) is 1.09. The molecule has 1 rings (SSSR count). The summed E-state index contributed by atoms with van der Waals surface area (Å²) in [5.74, 6) is 0.900. The summed E-state index contributed by atoms with van der Waals surface area (Å²) in [5.41, 5.74) is 0. The summed E-state index contributed by atoms with van der Waals surface area (Å²) in [7, 11) is -4.64. The summed E-state index contributed by atoms with van der Waals surface area (Å²) in [6.45, 7) is 2.09. The van der Waals surface area contributed by atoms with Crippen molar-refractivity contribution in [3.63, 3.8) is 0 Å². The Morgan fingerprint density at radius 1 is 1.64 bits per heavy atom. The first kappa shape index (κ1) is 13.7. The number of hydrogen-bond donors (Lipinski definition) is 4. The van der Waals surface area contributed by atoms with Crippen LogP contribution in [0.5, 0.6) is 0 Å². The van der Waals surface area contributed by atoms with E-state index in [1.54, 1.807) is 0 Å². The summed E-state index contributed by atoms with van der Waals surface area (Å²) >= 11 is 3.43. The highest BCUT2D eigenvalue weighted by molar-refractivity contribution is 9.09. The number of H-pyrrole nitrogens is 1. The van der Waals surface area contributed by atoms with E-state index in [0.29, 0.717) is 4.83 Å². The van der Waals surface area contributed by atoms with Crippen molar-refractivity contribution in [2.45, 2.75) is 18.2 Å². The minimum atomic E-state index is -4.64. The zero-order valence-corrected chi connectivity index (χ0v) is 9.81. The van der Waals surface area contributed by atoms with Gasteiger partial charge in [-0.15, -0.1) is 0 Å². The largest absolute Gasteiger partial charge is 0.466 e. The van der Waals surface area contributed by atoms with Gasteiger partial charge < -0.3 is 14.7 Å². The number of alkyl halides is 1. The molecule has 0 aliphatic rings. The SMILES string of the molecule is CCC(Br)c1ncn[nH]1.O=P(O)(O)O. The first-order valence-electron chi connectivity index (χ1n) is 3.62. The summed E-state index contributed by atoms with van der Waals surface area (Å²) in [4.78, 5) is 25.9. The van der Waals surface area contributed by atoms with Gasteiger partial charge in [-0.1, -0.05) is 22.9 Å². The quantitative estimate of drug-likeness (QED) is 0.470. The molecule has 9 heteroatoms. The van der Waals surface area contributed by atoms with Gasteiger partial charge >= 0.3 is 7.82 Å². The van der Waals surface area contributed by atoms with Crippen molar-refractivity contribution in [1.29, 1.82) is 0 Å². The highest BCUT2D eigenvalue weighted by Crippen LogP contribution is 2.25. The van der Waals surface area contributed by atoms with Crippen LogP contribution in [0.1, 0.15) is 24.0 Å². The Morgan fingerprint density at radius 2 is 2.14 bits per heavy atom. The fourth-order valence-electron chi connectivity index (χ4n) is 0.559. The Kier molecular flexibility index (Phi) is 6.14. The summed E-state index contributed by atoms with van der Waals surface area (Å²) in [6.07, 6.45) is 2.54. The monoisotopic (exact) mass is 287 g/mol. The molecule has 1 aromatic rings. The average Bonchev–Trinajstić information content (AvgIpc) is 2.51. The van der Waals surface area contributed by atoms with Gasteiger partial charge in [0.15, 0.2) is 0 Å². The van der Waals surface area contributed by atoms with E-state index in [2.05, 4.69) is 38.0 Å². The number of aromatic amines is 1. The van der Waals surface area contributed by atoms with Crippen LogP contribution in [-0.2, 0) is 4.57 Å². The van der Waals surface area contributed by atoms with Crippen molar-refractivity contribution in [2.24, 2.45) is 0 Å². The maximum atomic E-state index is 8.88. The number of nitrogens with zero attached hydrogens (tertiary/aromatic N) is 2. The van der Waals surface area contributed by atoms with Gasteiger partial charge in [-0.3, -0.25) is 5.10 Å². The highest BCUT2D eigenvalue weighted by Gasteiger charge is 2.05. The topological polar surface area (TPSA) is 119 Å². The van der Waals surface area contributed by atoms with Crippen molar-refractivity contribution in [2.75, 3.05) is 0 Å². The summed E-state index contributed by atoms with van der Waals surface area (Å²) < 4.78 is 8.88. The minimum Gasteiger partial charge on any atom is -0.303 e. The molecule has 7 nitrogen and oxygen atoms in total. The van der Waals surface area contributed by atoms with Gasteiger partial charge in [-0.2, -0.15) is 5.10 Å². The Morgan fingerprint density at radius 3 is 2.43 bits per heavy atom. The van der Waals surface area contributed by atoms with Crippen molar-refractivity contribution < 1.29 is 19.2 Å². The first-order chi connectivity index (χ1) is 6.34. The van der Waals surface area contributed by atoms with E-state index in [4.69, 9.17) is 19.2 Å². The predicted molar refractivity (Wildman–Crippen MR) is 52.6 cm³/mol. The molecule has 1 aromatic heterocycles. The van der Waals surface area contributed by atoms with Gasteiger partial charge in [0.1, 0.15) is 12.2 Å². The van der Waals surface area contributed by atoms with Crippen LogP contribution in [0, 0.1) is 0 Å². The number of phosphoric acid groups is 1. The molecule has 0 amide bonds. The Hall–Kier alpha value is -0.270. The third kappa shape index (κ3) is 8.33. The molecule has 1 atom stereocenters. The lowest BCUT2D eigenvalue weighted by molar-refractivity contribution is 0.275. The van der Waals surface area contributed by atoms with E-state index in [-0.39, 0.29) is 0 Å². The van der Waals surface area contributed by atoms with Gasteiger partial charge in [0, 0.05) is 0 Å². The lowest BCUT2D eigenvalue weighted by atomic mass is 10.3. The molecular formula is C5H11BrN3O4P. The Labute approximate surface area is 88.9 Å². The molecule has 0 aliphatic heterocycles. The molecule has 1 unspecified atom stereocenters. The number of rotatable bonds is 2. The van der Waals surface area contributed by atoms with E-state index in [1.165, 1.54) is 6.33 Å². The van der Waals surface area contributed by atoms with Crippen LogP contribution >= 0.6 is 23.8 Å². The van der Waals surface area contributed by atoms with Crippen molar-refractivity contribution in [3.05, 3.63) is 12.2 Å². The zero-order valence-electron chi connectivity index (χ0n) is 7.33. The van der Waals surface area contributed by atoms with Gasteiger partial charge in [-0.25, -0.2) is 9.55 Å². The van der Waals surface area contributed by atoms with Gasteiger partial charge in [0.2, 0.25) is 0 Å². The van der Waals surface area contributed by atoms with Crippen LogP contribution in [0.15, 0.2) is 6.33 Å². The molecule has 0 aromatic carbocycles. The standard InChI is InChI=1S/C5H8BrN3.H3O4P/c1-2-4(6)5-7-3-8-9-5;1-5(2,3)4/h3-4H,2H2,1H3,(H,7,8,9);(H3,1,2,3,4). The summed E-state index contributed by atoms with van der Waals surface area (Å²) in [6, 6.07) is 0. The second-order valence-electron chi connectivity index (χ2n) is 2.26. The molecule has 82 valence electrons. The molecule has 0 saturated carbocycles. The predicted octanol–water partition coefficient (Wildman–Crippen LogP) is 0.722. The molecule has 0 fully saturated rings. The molecule has 0 bridgehead atoms. The van der Waals surface area contributed by atoms with Gasteiger partial charge in [0.25, 0.3) is 0 Å². The van der Waals surface area contributed by atoms with Gasteiger partial charge in [0.05, 0.1) is 4.83 Å². The molecule has 0 spiro atoms. The van der Waals surface area contributed by atoms with Crippen LogP contribution in [0.2, 0.25) is 0 Å². The van der Waals surface area contributed by atoms with Crippen LogP contribution in [0.4, 0.5) is 0 Å². The Bertz CT molecular complexity index is 279. The van der Waals surface area contributed by atoms with Crippen molar-refractivity contribution in [3.8, 4) is 0 Å². The highest BCUT2D eigenvalue weighted by atomic mass is 79.9. The average molecular weight is 288 g/mol. The van der Waals surface area contributed by atoms with E-state index in [1.807, 2.05) is 0 Å². The normalized spacial score (nSPS) is 12.9. The number of hydrogen-bond acceptors (Lipinski definition) is 3. The van der Waals surface area contributed by atoms with Crippen molar-refractivity contribution in [1.82, 2.24) is 15.2 Å². The molecule has 0 radical (unpaired) electrons.